The van der Waals surface area contributed by atoms with Crippen molar-refractivity contribution >= 4 is 23.9 Å². The largest absolute Gasteiger partial charge is 0.470 e. The minimum Gasteiger partial charge on any atom is -0.470 e. The Kier molecular flexibility index (Phi) is 5.14. The topological polar surface area (TPSA) is 67.4 Å². The second-order valence-electron chi connectivity index (χ2n) is 5.05. The van der Waals surface area contributed by atoms with Crippen LogP contribution < -0.4 is 10.1 Å². The summed E-state index contributed by atoms with van der Waals surface area (Å²) in [6.45, 7) is 4.66. The van der Waals surface area contributed by atoms with E-state index in [9.17, 15) is 4.79 Å². The average Bonchev–Trinajstić information content (AvgIpc) is 2.43. The number of nitrogens with one attached hydrogen (secondary N) is 1. The number of aromatic nitrogens is 2. The van der Waals surface area contributed by atoms with Crippen molar-refractivity contribution in [2.45, 2.75) is 19.4 Å². The zero-order valence-corrected chi connectivity index (χ0v) is 12.7. The molecule has 0 aliphatic carbocycles. The fraction of sp³-hybridized carbons (Fsp3) is 0.500. The van der Waals surface area contributed by atoms with Gasteiger partial charge in [-0.05, 0) is 12.0 Å². The van der Waals surface area contributed by atoms with E-state index < -0.39 is 0 Å². The maximum Gasteiger partial charge on any atom is 0.240 e. The first kappa shape index (κ1) is 15.7. The van der Waals surface area contributed by atoms with Crippen LogP contribution in [0.5, 0.6) is 5.88 Å². The minimum absolute atomic E-state index is 0. The summed E-state index contributed by atoms with van der Waals surface area (Å²) in [5.74, 6) is 0.706. The van der Waals surface area contributed by atoms with Crippen molar-refractivity contribution < 1.29 is 9.53 Å². The fourth-order valence-corrected chi connectivity index (χ4v) is 2.31. The molecule has 0 atom stereocenters. The van der Waals surface area contributed by atoms with Crippen LogP contribution >= 0.6 is 12.4 Å². The van der Waals surface area contributed by atoms with Gasteiger partial charge in [-0.3, -0.25) is 4.79 Å². The van der Waals surface area contributed by atoms with Crippen LogP contribution in [0.15, 0.2) is 18.5 Å². The third kappa shape index (κ3) is 3.51. The Bertz CT molecular complexity index is 546. The number of ether oxygens (including phenoxy) is 1. The average molecular weight is 311 g/mol. The van der Waals surface area contributed by atoms with Gasteiger partial charge >= 0.3 is 0 Å². The van der Waals surface area contributed by atoms with Gasteiger partial charge < -0.3 is 15.0 Å². The monoisotopic (exact) mass is 310 g/mol. The van der Waals surface area contributed by atoms with Crippen LogP contribution in [-0.4, -0.2) is 53.1 Å². The Hall–Kier alpha value is -1.66. The van der Waals surface area contributed by atoms with E-state index in [1.807, 2.05) is 11.0 Å². The number of hydrogen-bond donors (Lipinski definition) is 1. The Balaban J connectivity index is 0.00000161. The molecule has 0 spiro atoms. The van der Waals surface area contributed by atoms with Crippen LogP contribution in [-0.2, 0) is 4.79 Å². The second-order valence-corrected chi connectivity index (χ2v) is 5.05. The van der Waals surface area contributed by atoms with Gasteiger partial charge in [-0.1, -0.05) is 6.08 Å². The Morgan fingerprint density at radius 2 is 2.14 bits per heavy atom. The lowest BCUT2D eigenvalue weighted by Crippen LogP contribution is -2.50. The fourth-order valence-electron chi connectivity index (χ4n) is 2.31. The van der Waals surface area contributed by atoms with Crippen LogP contribution in [0, 0.1) is 0 Å². The third-order valence-electron chi connectivity index (χ3n) is 3.65. The SMILES string of the molecule is CC(=O)N1CC=C(c2nccnc2OC2CNC2)CC1.Cl. The summed E-state index contributed by atoms with van der Waals surface area (Å²) in [7, 11) is 0. The molecule has 3 heterocycles. The summed E-state index contributed by atoms with van der Waals surface area (Å²) >= 11 is 0. The first-order valence-electron chi connectivity index (χ1n) is 6.87. The van der Waals surface area contributed by atoms with Crippen LogP contribution in [0.3, 0.4) is 0 Å². The summed E-state index contributed by atoms with van der Waals surface area (Å²) in [4.78, 5) is 21.9. The van der Waals surface area contributed by atoms with Gasteiger partial charge in [0.2, 0.25) is 11.8 Å². The zero-order chi connectivity index (χ0) is 13.9. The summed E-state index contributed by atoms with van der Waals surface area (Å²) < 4.78 is 5.85. The summed E-state index contributed by atoms with van der Waals surface area (Å²) in [6.07, 6.45) is 6.34. The predicted octanol–water partition coefficient (Wildman–Crippen LogP) is 0.885. The maximum atomic E-state index is 11.3. The first-order valence-corrected chi connectivity index (χ1v) is 6.87. The number of hydrogen-bond acceptors (Lipinski definition) is 5. The molecule has 2 aliphatic heterocycles. The smallest absolute Gasteiger partial charge is 0.240 e. The van der Waals surface area contributed by atoms with Gasteiger partial charge in [0.25, 0.3) is 0 Å². The van der Waals surface area contributed by atoms with E-state index in [1.54, 1.807) is 19.3 Å². The van der Waals surface area contributed by atoms with Crippen molar-refractivity contribution in [1.82, 2.24) is 20.2 Å². The highest BCUT2D eigenvalue weighted by Gasteiger charge is 2.23. The normalized spacial score (nSPS) is 18.3. The Labute approximate surface area is 130 Å². The first-order chi connectivity index (χ1) is 9.74. The van der Waals surface area contributed by atoms with Gasteiger partial charge in [-0.25, -0.2) is 9.97 Å². The van der Waals surface area contributed by atoms with Gasteiger partial charge in [0, 0.05) is 45.5 Å². The molecule has 2 aliphatic rings. The Morgan fingerprint density at radius 3 is 2.71 bits per heavy atom. The number of carbonyl (C=O) groups excluding carboxylic acids is 1. The van der Waals surface area contributed by atoms with Gasteiger partial charge in [-0.2, -0.15) is 0 Å². The zero-order valence-electron chi connectivity index (χ0n) is 11.9. The molecule has 0 unspecified atom stereocenters. The van der Waals surface area contributed by atoms with Crippen molar-refractivity contribution in [3.05, 3.63) is 24.2 Å². The van der Waals surface area contributed by atoms with E-state index in [-0.39, 0.29) is 24.4 Å². The van der Waals surface area contributed by atoms with Gasteiger partial charge in [0.05, 0.1) is 0 Å². The maximum absolute atomic E-state index is 11.3. The van der Waals surface area contributed by atoms with E-state index in [2.05, 4.69) is 15.3 Å². The van der Waals surface area contributed by atoms with Crippen molar-refractivity contribution in [1.29, 1.82) is 0 Å². The molecule has 1 aromatic heterocycles. The molecule has 114 valence electrons. The van der Waals surface area contributed by atoms with E-state index in [4.69, 9.17) is 4.74 Å². The number of carbonyl (C=O) groups is 1. The van der Waals surface area contributed by atoms with E-state index in [0.717, 1.165) is 37.3 Å². The molecule has 7 heteroatoms. The quantitative estimate of drug-likeness (QED) is 0.898. The summed E-state index contributed by atoms with van der Waals surface area (Å²) in [6, 6.07) is 0. The molecule has 0 aromatic carbocycles. The van der Waals surface area contributed by atoms with Crippen molar-refractivity contribution in [2.24, 2.45) is 0 Å². The number of amides is 1. The van der Waals surface area contributed by atoms with Crippen LogP contribution in [0.1, 0.15) is 19.0 Å². The molecule has 0 saturated carbocycles. The highest BCUT2D eigenvalue weighted by molar-refractivity contribution is 5.85. The highest BCUT2D eigenvalue weighted by Crippen LogP contribution is 2.27. The number of halogens is 1. The molecule has 21 heavy (non-hydrogen) atoms. The third-order valence-corrected chi connectivity index (χ3v) is 3.65. The predicted molar refractivity (Wildman–Crippen MR) is 81.4 cm³/mol. The molecule has 6 nitrogen and oxygen atoms in total. The standard InChI is InChI=1S/C14H18N4O2.ClH/c1-10(19)18-6-2-11(3-7-18)13-14(17-5-4-16-13)20-12-8-15-9-12;/h2,4-5,12,15H,3,6-9H2,1H3;1H. The molecule has 3 rings (SSSR count). The van der Waals surface area contributed by atoms with Crippen molar-refractivity contribution in [2.75, 3.05) is 26.2 Å². The second kappa shape index (κ2) is 6.87. The molecular formula is C14H19ClN4O2. The Morgan fingerprint density at radius 1 is 1.38 bits per heavy atom. The molecule has 0 radical (unpaired) electrons. The lowest BCUT2D eigenvalue weighted by molar-refractivity contribution is -0.128. The molecule has 1 N–H and O–H groups in total. The van der Waals surface area contributed by atoms with Crippen LogP contribution in [0.25, 0.3) is 5.57 Å². The lowest BCUT2D eigenvalue weighted by atomic mass is 10.0. The summed E-state index contributed by atoms with van der Waals surface area (Å²) in [5.41, 5.74) is 1.92. The van der Waals surface area contributed by atoms with E-state index >= 15 is 0 Å². The van der Waals surface area contributed by atoms with Gasteiger partial charge in [-0.15, -0.1) is 12.4 Å². The minimum atomic E-state index is 0. The molecule has 1 aromatic rings. The highest BCUT2D eigenvalue weighted by atomic mass is 35.5. The molecule has 1 amide bonds. The molecular weight excluding hydrogens is 292 g/mol. The molecule has 1 fully saturated rings. The number of nitrogens with zero attached hydrogens (tertiary/aromatic N) is 3. The summed E-state index contributed by atoms with van der Waals surface area (Å²) in [5, 5.41) is 3.17. The van der Waals surface area contributed by atoms with Gasteiger partial charge in [0.15, 0.2) is 0 Å². The van der Waals surface area contributed by atoms with E-state index in [0.29, 0.717) is 12.4 Å². The van der Waals surface area contributed by atoms with Crippen LogP contribution in [0.2, 0.25) is 0 Å². The number of rotatable bonds is 3. The van der Waals surface area contributed by atoms with Crippen LogP contribution in [0.4, 0.5) is 0 Å². The van der Waals surface area contributed by atoms with Crippen molar-refractivity contribution in [3.63, 3.8) is 0 Å². The van der Waals surface area contributed by atoms with Gasteiger partial charge in [0.1, 0.15) is 11.8 Å². The lowest BCUT2D eigenvalue weighted by Gasteiger charge is -2.29. The van der Waals surface area contributed by atoms with Crippen molar-refractivity contribution in [3.8, 4) is 5.88 Å². The molecule has 1 saturated heterocycles. The molecule has 0 bridgehead atoms. The van der Waals surface area contributed by atoms with E-state index in [1.165, 1.54) is 0 Å².